The van der Waals surface area contributed by atoms with Crippen molar-refractivity contribution in [2.75, 3.05) is 4.31 Å². The highest BCUT2D eigenvalue weighted by Crippen LogP contribution is 2.29. The van der Waals surface area contributed by atoms with Crippen LogP contribution in [-0.4, -0.2) is 23.0 Å². The number of nitrogens with zero attached hydrogens (tertiary/aromatic N) is 4. The van der Waals surface area contributed by atoms with Gasteiger partial charge in [-0.15, -0.1) is 10.2 Å². The van der Waals surface area contributed by atoms with Crippen LogP contribution in [0.4, 0.5) is 5.69 Å². The van der Waals surface area contributed by atoms with Crippen LogP contribution in [0.15, 0.2) is 71.8 Å². The SMILES string of the molecule is Cc1cccc(N(Cc2cccc(Cl)c2)S(=O)(=O)c2cccn3c(C)nnc23)c1. The summed E-state index contributed by atoms with van der Waals surface area (Å²) in [6, 6.07) is 17.8. The van der Waals surface area contributed by atoms with Crippen molar-refractivity contribution in [2.24, 2.45) is 0 Å². The highest BCUT2D eigenvalue weighted by Gasteiger charge is 2.29. The Morgan fingerprint density at radius 1 is 1.00 bits per heavy atom. The standard InChI is InChI=1S/C21H19ClN4O2S/c1-15-6-3-9-19(12-15)26(14-17-7-4-8-18(22)13-17)29(27,28)20-10-5-11-25-16(2)23-24-21(20)25/h3-13H,14H2,1-2H3. The van der Waals surface area contributed by atoms with Crippen LogP contribution >= 0.6 is 11.6 Å². The highest BCUT2D eigenvalue weighted by atomic mass is 35.5. The molecule has 0 unspecified atom stereocenters. The Morgan fingerprint density at radius 3 is 2.55 bits per heavy atom. The molecule has 0 atom stereocenters. The first-order chi connectivity index (χ1) is 13.9. The minimum absolute atomic E-state index is 0.101. The van der Waals surface area contributed by atoms with Gasteiger partial charge in [0, 0.05) is 11.2 Å². The van der Waals surface area contributed by atoms with Gasteiger partial charge < -0.3 is 0 Å². The largest absolute Gasteiger partial charge is 0.286 e. The van der Waals surface area contributed by atoms with E-state index in [1.165, 1.54) is 4.31 Å². The van der Waals surface area contributed by atoms with Crippen molar-refractivity contribution < 1.29 is 8.42 Å². The molecule has 0 aliphatic heterocycles. The average molecular weight is 427 g/mol. The van der Waals surface area contributed by atoms with Crippen LogP contribution in [0.1, 0.15) is 17.0 Å². The summed E-state index contributed by atoms with van der Waals surface area (Å²) in [5.74, 6) is 0.619. The molecule has 2 aromatic carbocycles. The van der Waals surface area contributed by atoms with E-state index in [-0.39, 0.29) is 11.4 Å². The first-order valence-electron chi connectivity index (χ1n) is 9.00. The van der Waals surface area contributed by atoms with Crippen LogP contribution in [-0.2, 0) is 16.6 Å². The topological polar surface area (TPSA) is 67.6 Å². The minimum atomic E-state index is -3.93. The summed E-state index contributed by atoms with van der Waals surface area (Å²) in [6.45, 7) is 3.84. The summed E-state index contributed by atoms with van der Waals surface area (Å²) in [5.41, 5.74) is 2.62. The monoisotopic (exact) mass is 426 g/mol. The summed E-state index contributed by atoms with van der Waals surface area (Å²) >= 11 is 6.12. The lowest BCUT2D eigenvalue weighted by molar-refractivity contribution is 0.590. The highest BCUT2D eigenvalue weighted by molar-refractivity contribution is 7.93. The van der Waals surface area contributed by atoms with E-state index in [2.05, 4.69) is 10.2 Å². The van der Waals surface area contributed by atoms with Crippen LogP contribution in [0.25, 0.3) is 5.65 Å². The summed E-state index contributed by atoms with van der Waals surface area (Å²) in [7, 11) is -3.93. The maximum Gasteiger partial charge on any atom is 0.268 e. The fourth-order valence-electron chi connectivity index (χ4n) is 3.23. The summed E-state index contributed by atoms with van der Waals surface area (Å²) < 4.78 is 30.6. The molecule has 0 fully saturated rings. The Kier molecular flexibility index (Phi) is 5.02. The summed E-state index contributed by atoms with van der Waals surface area (Å²) in [6.07, 6.45) is 1.75. The van der Waals surface area contributed by atoms with E-state index >= 15 is 0 Å². The lowest BCUT2D eigenvalue weighted by Gasteiger charge is -2.25. The predicted octanol–water partition coefficient (Wildman–Crippen LogP) is 4.40. The number of hydrogen-bond acceptors (Lipinski definition) is 4. The zero-order chi connectivity index (χ0) is 20.6. The lowest BCUT2D eigenvalue weighted by atomic mass is 10.2. The molecule has 0 N–H and O–H groups in total. The Morgan fingerprint density at radius 2 is 1.79 bits per heavy atom. The van der Waals surface area contributed by atoms with Gasteiger partial charge in [0.1, 0.15) is 10.7 Å². The number of anilines is 1. The first-order valence-corrected chi connectivity index (χ1v) is 10.8. The number of halogens is 1. The van der Waals surface area contributed by atoms with Crippen LogP contribution in [0.5, 0.6) is 0 Å². The normalized spacial score (nSPS) is 11.7. The van der Waals surface area contributed by atoms with Crippen LogP contribution in [0.3, 0.4) is 0 Å². The Bertz CT molecular complexity index is 1300. The van der Waals surface area contributed by atoms with Crippen molar-refractivity contribution in [1.82, 2.24) is 14.6 Å². The van der Waals surface area contributed by atoms with Crippen molar-refractivity contribution >= 4 is 33.0 Å². The van der Waals surface area contributed by atoms with E-state index in [9.17, 15) is 8.42 Å². The second-order valence-corrected chi connectivity index (χ2v) is 9.06. The number of rotatable bonds is 5. The molecule has 2 heterocycles. The number of aromatic nitrogens is 3. The average Bonchev–Trinajstić information content (AvgIpc) is 3.07. The second kappa shape index (κ2) is 7.50. The van der Waals surface area contributed by atoms with E-state index in [1.807, 2.05) is 31.2 Å². The van der Waals surface area contributed by atoms with Gasteiger partial charge in [-0.2, -0.15) is 0 Å². The van der Waals surface area contributed by atoms with Gasteiger partial charge in [0.25, 0.3) is 10.0 Å². The molecule has 0 saturated carbocycles. The Hall–Kier alpha value is -2.90. The fourth-order valence-corrected chi connectivity index (χ4v) is 5.01. The zero-order valence-corrected chi connectivity index (χ0v) is 17.5. The quantitative estimate of drug-likeness (QED) is 0.474. The number of aryl methyl sites for hydroxylation is 2. The molecule has 0 saturated heterocycles. The Labute approximate surface area is 174 Å². The maximum atomic E-state index is 13.8. The summed E-state index contributed by atoms with van der Waals surface area (Å²) in [4.78, 5) is 0.101. The number of sulfonamides is 1. The van der Waals surface area contributed by atoms with Gasteiger partial charge in [-0.25, -0.2) is 8.42 Å². The molecule has 8 heteroatoms. The van der Waals surface area contributed by atoms with E-state index < -0.39 is 10.0 Å². The maximum absolute atomic E-state index is 13.8. The third-order valence-corrected chi connectivity index (χ3v) is 6.67. The van der Waals surface area contributed by atoms with E-state index in [0.29, 0.717) is 22.2 Å². The zero-order valence-electron chi connectivity index (χ0n) is 15.9. The number of hydrogen-bond donors (Lipinski definition) is 0. The number of benzene rings is 2. The van der Waals surface area contributed by atoms with Crippen molar-refractivity contribution in [3.05, 3.63) is 88.8 Å². The molecule has 0 spiro atoms. The number of fused-ring (bicyclic) bond motifs is 1. The van der Waals surface area contributed by atoms with Crippen LogP contribution in [0.2, 0.25) is 5.02 Å². The van der Waals surface area contributed by atoms with Gasteiger partial charge in [-0.1, -0.05) is 35.9 Å². The molecule has 2 aromatic heterocycles. The summed E-state index contributed by atoms with van der Waals surface area (Å²) in [5, 5.41) is 8.66. The second-order valence-electron chi connectivity index (χ2n) is 6.79. The molecule has 4 rings (SSSR count). The third kappa shape index (κ3) is 3.71. The smallest absolute Gasteiger partial charge is 0.268 e. The van der Waals surface area contributed by atoms with Gasteiger partial charge >= 0.3 is 0 Å². The van der Waals surface area contributed by atoms with Crippen molar-refractivity contribution in [3.8, 4) is 0 Å². The molecule has 148 valence electrons. The molecule has 4 aromatic rings. The molecule has 0 amide bonds. The van der Waals surface area contributed by atoms with Gasteiger partial charge in [0.05, 0.1) is 12.2 Å². The molecular weight excluding hydrogens is 408 g/mol. The van der Waals surface area contributed by atoms with Gasteiger partial charge in [0.2, 0.25) is 0 Å². The molecule has 0 radical (unpaired) electrons. The molecule has 6 nitrogen and oxygen atoms in total. The fraction of sp³-hybridized carbons (Fsp3) is 0.143. The molecule has 0 bridgehead atoms. The van der Waals surface area contributed by atoms with Gasteiger partial charge in [-0.05, 0) is 61.4 Å². The molecule has 29 heavy (non-hydrogen) atoms. The molecule has 0 aliphatic rings. The predicted molar refractivity (Wildman–Crippen MR) is 114 cm³/mol. The lowest BCUT2D eigenvalue weighted by Crippen LogP contribution is -2.31. The third-order valence-electron chi connectivity index (χ3n) is 4.64. The van der Waals surface area contributed by atoms with E-state index in [4.69, 9.17) is 11.6 Å². The van der Waals surface area contributed by atoms with Crippen LogP contribution in [0, 0.1) is 13.8 Å². The van der Waals surface area contributed by atoms with E-state index in [0.717, 1.165) is 11.1 Å². The number of pyridine rings is 1. The first kappa shape index (κ1) is 19.4. The Balaban J connectivity index is 1.89. The minimum Gasteiger partial charge on any atom is -0.286 e. The van der Waals surface area contributed by atoms with Crippen molar-refractivity contribution in [2.45, 2.75) is 25.3 Å². The molecule has 0 aliphatic carbocycles. The van der Waals surface area contributed by atoms with Crippen LogP contribution < -0.4 is 4.31 Å². The van der Waals surface area contributed by atoms with Crippen molar-refractivity contribution in [1.29, 1.82) is 0 Å². The van der Waals surface area contributed by atoms with Gasteiger partial charge in [-0.3, -0.25) is 8.71 Å². The van der Waals surface area contributed by atoms with Gasteiger partial charge in [0.15, 0.2) is 5.65 Å². The van der Waals surface area contributed by atoms with E-state index in [1.54, 1.807) is 53.9 Å². The molecular formula is C21H19ClN4O2S. The van der Waals surface area contributed by atoms with Crippen molar-refractivity contribution in [3.63, 3.8) is 0 Å².